The second-order valence-electron chi connectivity index (χ2n) is 8.48. The number of aromatic nitrogens is 2. The summed E-state index contributed by atoms with van der Waals surface area (Å²) in [4.78, 5) is 37.1. The zero-order chi connectivity index (χ0) is 23.4. The average Bonchev–Trinajstić information content (AvgIpc) is 3.41. The van der Waals surface area contributed by atoms with Gasteiger partial charge in [-0.05, 0) is 43.0 Å². The Morgan fingerprint density at radius 3 is 2.45 bits per heavy atom. The highest BCUT2D eigenvalue weighted by Crippen LogP contribution is 2.25. The number of ether oxygens (including phenoxy) is 1. The van der Waals surface area contributed by atoms with Crippen LogP contribution in [0.25, 0.3) is 5.69 Å². The Hall–Kier alpha value is -3.65. The summed E-state index contributed by atoms with van der Waals surface area (Å²) in [6.45, 7) is 2.66. The van der Waals surface area contributed by atoms with Crippen molar-refractivity contribution in [3.63, 3.8) is 0 Å². The maximum Gasteiger partial charge on any atom is 0.333 e. The van der Waals surface area contributed by atoms with Crippen molar-refractivity contribution in [1.82, 2.24) is 14.5 Å². The van der Waals surface area contributed by atoms with Crippen molar-refractivity contribution in [3.8, 4) is 5.69 Å². The van der Waals surface area contributed by atoms with E-state index in [0.29, 0.717) is 25.3 Å². The molecule has 3 aromatic rings. The number of nitrogens with zero attached hydrogens (tertiary/aromatic N) is 2. The molecule has 1 aliphatic heterocycles. The first-order chi connectivity index (χ1) is 15.9. The lowest BCUT2D eigenvalue weighted by Gasteiger charge is -2.24. The number of benzene rings is 2. The van der Waals surface area contributed by atoms with Crippen LogP contribution in [0.15, 0.2) is 71.8 Å². The number of nitrogens with one attached hydrogen (secondary N) is 1. The van der Waals surface area contributed by atoms with Gasteiger partial charge in [0.2, 0.25) is 0 Å². The molecule has 0 saturated carbocycles. The quantitative estimate of drug-likeness (QED) is 0.550. The predicted molar refractivity (Wildman–Crippen MR) is 122 cm³/mol. The molecule has 172 valence electrons. The number of aliphatic carboxylic acids is 1. The van der Waals surface area contributed by atoms with Crippen LogP contribution in [0, 0.1) is 0 Å². The van der Waals surface area contributed by atoms with Gasteiger partial charge in [0.1, 0.15) is 11.6 Å². The highest BCUT2D eigenvalue weighted by atomic mass is 16.5. The lowest BCUT2D eigenvalue weighted by atomic mass is 10.00. The fraction of sp³-hybridized carbons (Fsp3) is 0.320. The van der Waals surface area contributed by atoms with E-state index >= 15 is 0 Å². The van der Waals surface area contributed by atoms with E-state index in [1.807, 2.05) is 30.3 Å². The third-order valence-corrected chi connectivity index (χ3v) is 6.00. The molecule has 2 N–H and O–H groups in total. The molecule has 2 heterocycles. The van der Waals surface area contributed by atoms with Crippen molar-refractivity contribution in [2.75, 3.05) is 6.61 Å². The molecule has 8 nitrogen and oxygen atoms in total. The average molecular weight is 450 g/mol. The number of carbonyl (C=O) groups is 2. The molecule has 2 atom stereocenters. The van der Waals surface area contributed by atoms with E-state index in [-0.39, 0.29) is 12.1 Å². The molecular formula is C25H27N3O5. The number of imidazole rings is 1. The number of hydrogen-bond donors (Lipinski definition) is 2. The van der Waals surface area contributed by atoms with Gasteiger partial charge in [-0.2, -0.15) is 0 Å². The maximum absolute atomic E-state index is 12.8. The molecule has 0 unspecified atom stereocenters. The lowest BCUT2D eigenvalue weighted by molar-refractivity contribution is -0.147. The van der Waals surface area contributed by atoms with Gasteiger partial charge in [-0.25, -0.2) is 9.59 Å². The molecule has 1 aliphatic rings. The standard InChI is InChI=1S/C25H27N3O5/c1-25(12-5-15-33-25)23(31)26-21(22(29)30)16-18-8-10-20(11-9-18)28-14-13-27(24(28)32)17-19-6-3-2-4-7-19/h2-4,6-11,13-14,21H,5,12,15-17H2,1H3,(H,26,31)(H,29,30)/t21-,25+/m0/s1. The van der Waals surface area contributed by atoms with Crippen LogP contribution in [0.2, 0.25) is 0 Å². The van der Waals surface area contributed by atoms with Crippen molar-refractivity contribution in [1.29, 1.82) is 0 Å². The number of hydrogen-bond acceptors (Lipinski definition) is 4. The van der Waals surface area contributed by atoms with E-state index < -0.39 is 23.5 Å². The Morgan fingerprint density at radius 1 is 1.09 bits per heavy atom. The highest BCUT2D eigenvalue weighted by Gasteiger charge is 2.39. The minimum Gasteiger partial charge on any atom is -0.480 e. The van der Waals surface area contributed by atoms with E-state index in [1.165, 1.54) is 0 Å². The Kier molecular flexibility index (Phi) is 6.46. The first kappa shape index (κ1) is 22.5. The number of carboxylic acids is 1. The van der Waals surface area contributed by atoms with Crippen LogP contribution in [0.3, 0.4) is 0 Å². The summed E-state index contributed by atoms with van der Waals surface area (Å²) < 4.78 is 8.68. The molecule has 33 heavy (non-hydrogen) atoms. The monoisotopic (exact) mass is 449 g/mol. The first-order valence-electron chi connectivity index (χ1n) is 10.9. The van der Waals surface area contributed by atoms with E-state index in [1.54, 1.807) is 52.7 Å². The number of rotatable bonds is 8. The van der Waals surface area contributed by atoms with Crippen molar-refractivity contribution in [2.45, 2.75) is 44.4 Å². The van der Waals surface area contributed by atoms with Crippen LogP contribution in [-0.2, 0) is 27.3 Å². The molecule has 0 bridgehead atoms. The van der Waals surface area contributed by atoms with Gasteiger partial charge in [0.15, 0.2) is 0 Å². The van der Waals surface area contributed by atoms with Crippen molar-refractivity contribution in [2.24, 2.45) is 0 Å². The van der Waals surface area contributed by atoms with Crippen LogP contribution in [-0.4, -0.2) is 44.4 Å². The Balaban J connectivity index is 1.45. The minimum atomic E-state index is -1.11. The van der Waals surface area contributed by atoms with Crippen LogP contribution in [0.5, 0.6) is 0 Å². The van der Waals surface area contributed by atoms with Gasteiger partial charge in [-0.1, -0.05) is 42.5 Å². The zero-order valence-corrected chi connectivity index (χ0v) is 18.4. The summed E-state index contributed by atoms with van der Waals surface area (Å²) in [6.07, 6.45) is 4.92. The molecule has 1 saturated heterocycles. The first-order valence-corrected chi connectivity index (χ1v) is 10.9. The second kappa shape index (κ2) is 9.46. The Labute approximate surface area is 191 Å². The second-order valence-corrected chi connectivity index (χ2v) is 8.48. The topological polar surface area (TPSA) is 103 Å². The number of carbonyl (C=O) groups excluding carboxylic acids is 1. The summed E-state index contributed by atoms with van der Waals surface area (Å²) in [5.41, 5.74) is 1.31. The SMILES string of the molecule is C[C@]1(C(=O)N[C@@H](Cc2ccc(-n3ccn(Cc4ccccc4)c3=O)cc2)C(=O)O)CCCO1. The maximum atomic E-state index is 12.8. The molecule has 1 aromatic heterocycles. The van der Waals surface area contributed by atoms with Gasteiger partial charge >= 0.3 is 11.7 Å². The molecule has 0 aliphatic carbocycles. The van der Waals surface area contributed by atoms with E-state index in [0.717, 1.165) is 17.5 Å². The molecule has 2 aromatic carbocycles. The minimum absolute atomic E-state index is 0.126. The van der Waals surface area contributed by atoms with Crippen LogP contribution < -0.4 is 11.0 Å². The molecular weight excluding hydrogens is 422 g/mol. The van der Waals surface area contributed by atoms with Crippen LogP contribution in [0.1, 0.15) is 30.9 Å². The third kappa shape index (κ3) is 5.06. The van der Waals surface area contributed by atoms with E-state index in [2.05, 4.69) is 5.32 Å². The fourth-order valence-electron chi connectivity index (χ4n) is 4.01. The van der Waals surface area contributed by atoms with Crippen molar-refractivity contribution in [3.05, 3.63) is 88.6 Å². The van der Waals surface area contributed by atoms with Gasteiger partial charge in [0, 0.05) is 25.4 Å². The van der Waals surface area contributed by atoms with Crippen molar-refractivity contribution < 1.29 is 19.4 Å². The molecule has 0 radical (unpaired) electrons. The molecule has 8 heteroatoms. The van der Waals surface area contributed by atoms with Gasteiger partial charge < -0.3 is 15.2 Å². The molecule has 1 amide bonds. The van der Waals surface area contributed by atoms with Crippen LogP contribution in [0.4, 0.5) is 0 Å². The lowest BCUT2D eigenvalue weighted by Crippen LogP contribution is -2.51. The van der Waals surface area contributed by atoms with Crippen molar-refractivity contribution >= 4 is 11.9 Å². The highest BCUT2D eigenvalue weighted by molar-refractivity contribution is 5.89. The predicted octanol–water partition coefficient (Wildman–Crippen LogP) is 2.37. The Morgan fingerprint density at radius 2 is 1.82 bits per heavy atom. The number of amides is 1. The smallest absolute Gasteiger partial charge is 0.333 e. The van der Waals surface area contributed by atoms with E-state index in [9.17, 15) is 19.5 Å². The zero-order valence-electron chi connectivity index (χ0n) is 18.4. The summed E-state index contributed by atoms with van der Waals surface area (Å²) in [5.74, 6) is -1.52. The third-order valence-electron chi connectivity index (χ3n) is 6.00. The van der Waals surface area contributed by atoms with Gasteiger partial charge in [-0.15, -0.1) is 0 Å². The number of carboxylic acid groups (broad SMARTS) is 1. The van der Waals surface area contributed by atoms with E-state index in [4.69, 9.17) is 4.74 Å². The molecule has 0 spiro atoms. The summed E-state index contributed by atoms with van der Waals surface area (Å²) in [6, 6.07) is 15.7. The summed E-state index contributed by atoms with van der Waals surface area (Å²) in [5, 5.41) is 12.2. The Bertz CT molecular complexity index is 1170. The van der Waals surface area contributed by atoms with Gasteiger partial charge in [0.25, 0.3) is 5.91 Å². The normalized spacial score (nSPS) is 18.7. The fourth-order valence-corrected chi connectivity index (χ4v) is 4.01. The van der Waals surface area contributed by atoms with Gasteiger partial charge in [-0.3, -0.25) is 13.9 Å². The van der Waals surface area contributed by atoms with Crippen LogP contribution >= 0.6 is 0 Å². The largest absolute Gasteiger partial charge is 0.480 e. The van der Waals surface area contributed by atoms with Gasteiger partial charge in [0.05, 0.1) is 12.2 Å². The summed E-state index contributed by atoms with van der Waals surface area (Å²) >= 11 is 0. The molecule has 1 fully saturated rings. The summed E-state index contributed by atoms with van der Waals surface area (Å²) in [7, 11) is 0. The molecule has 4 rings (SSSR count).